The molecule has 0 spiro atoms. The minimum absolute atomic E-state index is 0.0996. The Balaban J connectivity index is 1.81. The van der Waals surface area contributed by atoms with Crippen LogP contribution in [0.25, 0.3) is 0 Å². The second-order valence-electron chi connectivity index (χ2n) is 7.54. The van der Waals surface area contributed by atoms with Crippen molar-refractivity contribution in [1.29, 1.82) is 0 Å². The fourth-order valence-corrected chi connectivity index (χ4v) is 3.82. The largest absolute Gasteiger partial charge is 0.493 e. The molecule has 1 fully saturated rings. The monoisotopic (exact) mass is 442 g/mol. The number of amides is 3. The molecular weight excluding hydrogens is 415 g/mol. The Bertz CT molecular complexity index is 992. The maximum absolute atomic E-state index is 13.3. The van der Waals surface area contributed by atoms with Gasteiger partial charge in [0.1, 0.15) is 11.9 Å². The highest BCUT2D eigenvalue weighted by molar-refractivity contribution is 6.23. The molecule has 0 aliphatic carbocycles. The van der Waals surface area contributed by atoms with Crippen LogP contribution in [-0.2, 0) is 20.8 Å². The Hall–Kier alpha value is -3.42. The van der Waals surface area contributed by atoms with Crippen LogP contribution >= 0.6 is 0 Å². The van der Waals surface area contributed by atoms with E-state index in [0.29, 0.717) is 30.0 Å². The SMILES string of the molecule is CCCC(=O)N(CCc1ccc(OC)c(OC)c1)C1CC(=O)N(c2ccc(F)cc2)C1=O. The van der Waals surface area contributed by atoms with E-state index in [1.54, 1.807) is 20.3 Å². The van der Waals surface area contributed by atoms with Gasteiger partial charge in [0.05, 0.1) is 26.3 Å². The van der Waals surface area contributed by atoms with Gasteiger partial charge in [-0.05, 0) is 54.8 Å². The van der Waals surface area contributed by atoms with E-state index in [2.05, 4.69) is 0 Å². The maximum Gasteiger partial charge on any atom is 0.257 e. The number of hydrogen-bond donors (Lipinski definition) is 0. The van der Waals surface area contributed by atoms with E-state index < -0.39 is 23.7 Å². The second-order valence-corrected chi connectivity index (χ2v) is 7.54. The molecule has 8 heteroatoms. The van der Waals surface area contributed by atoms with Crippen molar-refractivity contribution in [3.8, 4) is 11.5 Å². The Morgan fingerprint density at radius 3 is 2.41 bits per heavy atom. The molecule has 1 heterocycles. The van der Waals surface area contributed by atoms with E-state index >= 15 is 0 Å². The van der Waals surface area contributed by atoms with Crippen LogP contribution in [0.2, 0.25) is 0 Å². The third kappa shape index (κ3) is 4.90. The van der Waals surface area contributed by atoms with Crippen LogP contribution in [0.15, 0.2) is 42.5 Å². The number of halogens is 1. The first-order valence-corrected chi connectivity index (χ1v) is 10.5. The third-order valence-corrected chi connectivity index (χ3v) is 5.46. The van der Waals surface area contributed by atoms with Gasteiger partial charge in [-0.15, -0.1) is 0 Å². The van der Waals surface area contributed by atoms with Gasteiger partial charge >= 0.3 is 0 Å². The molecule has 0 bridgehead atoms. The molecule has 32 heavy (non-hydrogen) atoms. The smallest absolute Gasteiger partial charge is 0.257 e. The summed E-state index contributed by atoms with van der Waals surface area (Å²) in [6.45, 7) is 2.16. The number of rotatable bonds is 9. The van der Waals surface area contributed by atoms with E-state index in [1.165, 1.54) is 29.2 Å². The van der Waals surface area contributed by atoms with Gasteiger partial charge in [0, 0.05) is 13.0 Å². The number of nitrogens with zero attached hydrogens (tertiary/aromatic N) is 2. The van der Waals surface area contributed by atoms with Crippen molar-refractivity contribution in [1.82, 2.24) is 4.90 Å². The van der Waals surface area contributed by atoms with Crippen molar-refractivity contribution < 1.29 is 28.2 Å². The van der Waals surface area contributed by atoms with E-state index in [9.17, 15) is 18.8 Å². The molecule has 3 amide bonds. The summed E-state index contributed by atoms with van der Waals surface area (Å²) in [5, 5.41) is 0. The van der Waals surface area contributed by atoms with Crippen LogP contribution < -0.4 is 14.4 Å². The molecular formula is C24H27FN2O5. The van der Waals surface area contributed by atoms with Crippen molar-refractivity contribution in [3.63, 3.8) is 0 Å². The number of carbonyl (C=O) groups excluding carboxylic acids is 3. The highest BCUT2D eigenvalue weighted by Crippen LogP contribution is 2.29. The number of anilines is 1. The molecule has 2 aromatic carbocycles. The fraction of sp³-hybridized carbons (Fsp3) is 0.375. The Labute approximate surface area is 186 Å². The highest BCUT2D eigenvalue weighted by atomic mass is 19.1. The van der Waals surface area contributed by atoms with Gasteiger partial charge in [-0.1, -0.05) is 13.0 Å². The van der Waals surface area contributed by atoms with Crippen LogP contribution in [0.5, 0.6) is 11.5 Å². The van der Waals surface area contributed by atoms with Crippen molar-refractivity contribution in [2.75, 3.05) is 25.7 Å². The topological polar surface area (TPSA) is 76.2 Å². The van der Waals surface area contributed by atoms with E-state index in [0.717, 1.165) is 10.5 Å². The van der Waals surface area contributed by atoms with Crippen LogP contribution in [0.4, 0.5) is 10.1 Å². The van der Waals surface area contributed by atoms with Gasteiger partial charge in [-0.25, -0.2) is 9.29 Å². The van der Waals surface area contributed by atoms with Gasteiger partial charge < -0.3 is 14.4 Å². The zero-order valence-corrected chi connectivity index (χ0v) is 18.5. The minimum atomic E-state index is -0.883. The van der Waals surface area contributed by atoms with Crippen LogP contribution in [0, 0.1) is 5.82 Å². The predicted molar refractivity (Wildman–Crippen MR) is 117 cm³/mol. The third-order valence-electron chi connectivity index (χ3n) is 5.46. The Kier molecular flexibility index (Phi) is 7.45. The van der Waals surface area contributed by atoms with Crippen LogP contribution in [0.1, 0.15) is 31.7 Å². The van der Waals surface area contributed by atoms with Gasteiger partial charge in [0.15, 0.2) is 11.5 Å². The van der Waals surface area contributed by atoms with Gasteiger partial charge in [0.2, 0.25) is 11.8 Å². The zero-order valence-electron chi connectivity index (χ0n) is 18.5. The lowest BCUT2D eigenvalue weighted by molar-refractivity contribution is -0.138. The summed E-state index contributed by atoms with van der Waals surface area (Å²) in [6, 6.07) is 9.76. The summed E-state index contributed by atoms with van der Waals surface area (Å²) in [5.74, 6) is -0.350. The molecule has 1 aliphatic heterocycles. The number of hydrogen-bond acceptors (Lipinski definition) is 5. The van der Waals surface area contributed by atoms with E-state index in [-0.39, 0.29) is 25.3 Å². The number of ether oxygens (including phenoxy) is 2. The van der Waals surface area contributed by atoms with E-state index in [4.69, 9.17) is 9.47 Å². The summed E-state index contributed by atoms with van der Waals surface area (Å²) in [7, 11) is 3.10. The molecule has 7 nitrogen and oxygen atoms in total. The summed E-state index contributed by atoms with van der Waals surface area (Å²) in [6.07, 6.45) is 1.28. The average Bonchev–Trinajstić information content (AvgIpc) is 3.08. The maximum atomic E-state index is 13.3. The molecule has 0 aromatic heterocycles. The standard InChI is InChI=1S/C24H27FN2O5/c1-4-5-22(28)26(13-12-16-6-11-20(31-2)21(14-16)32-3)19-15-23(29)27(24(19)30)18-9-7-17(25)8-10-18/h6-11,14,19H,4-5,12-13,15H2,1-3H3. The normalized spacial score (nSPS) is 15.8. The van der Waals surface area contributed by atoms with Crippen molar-refractivity contribution in [3.05, 3.63) is 53.8 Å². The van der Waals surface area contributed by atoms with Crippen LogP contribution in [-0.4, -0.2) is 49.4 Å². The van der Waals surface area contributed by atoms with Crippen LogP contribution in [0.3, 0.4) is 0 Å². The first kappa shape index (κ1) is 23.2. The minimum Gasteiger partial charge on any atom is -0.493 e. The molecule has 0 radical (unpaired) electrons. The van der Waals surface area contributed by atoms with Crippen molar-refractivity contribution in [2.24, 2.45) is 0 Å². The quantitative estimate of drug-likeness (QED) is 0.557. The lowest BCUT2D eigenvalue weighted by atomic mass is 10.1. The average molecular weight is 442 g/mol. The Morgan fingerprint density at radius 2 is 1.78 bits per heavy atom. The lowest BCUT2D eigenvalue weighted by Crippen LogP contribution is -2.46. The first-order valence-electron chi connectivity index (χ1n) is 10.5. The predicted octanol–water partition coefficient (Wildman–Crippen LogP) is 3.35. The molecule has 2 aromatic rings. The van der Waals surface area contributed by atoms with Gasteiger partial charge in [0.25, 0.3) is 5.91 Å². The summed E-state index contributed by atoms with van der Waals surface area (Å²) < 4.78 is 23.9. The number of imide groups is 1. The highest BCUT2D eigenvalue weighted by Gasteiger charge is 2.44. The number of methoxy groups -OCH3 is 2. The fourth-order valence-electron chi connectivity index (χ4n) is 3.82. The first-order chi connectivity index (χ1) is 15.4. The molecule has 1 aliphatic rings. The van der Waals surface area contributed by atoms with Gasteiger partial charge in [-0.3, -0.25) is 14.4 Å². The second kappa shape index (κ2) is 10.3. The molecule has 3 rings (SSSR count). The van der Waals surface area contributed by atoms with Gasteiger partial charge in [-0.2, -0.15) is 0 Å². The molecule has 1 unspecified atom stereocenters. The van der Waals surface area contributed by atoms with Crippen molar-refractivity contribution >= 4 is 23.4 Å². The summed E-state index contributed by atoms with van der Waals surface area (Å²) in [5.41, 5.74) is 1.20. The summed E-state index contributed by atoms with van der Waals surface area (Å²) >= 11 is 0. The van der Waals surface area contributed by atoms with Crippen molar-refractivity contribution in [2.45, 2.75) is 38.6 Å². The zero-order chi connectivity index (χ0) is 23.3. The number of benzene rings is 2. The summed E-state index contributed by atoms with van der Waals surface area (Å²) in [4.78, 5) is 41.2. The Morgan fingerprint density at radius 1 is 1.09 bits per heavy atom. The molecule has 0 N–H and O–H groups in total. The van der Waals surface area contributed by atoms with E-state index in [1.807, 2.05) is 19.1 Å². The molecule has 170 valence electrons. The molecule has 1 saturated heterocycles. The molecule has 1 atom stereocenters. The molecule has 0 saturated carbocycles. The lowest BCUT2D eigenvalue weighted by Gasteiger charge is -2.28. The number of carbonyl (C=O) groups is 3.